The molecule has 0 spiro atoms. The van der Waals surface area contributed by atoms with Crippen molar-refractivity contribution in [2.45, 2.75) is 32.4 Å². The van der Waals surface area contributed by atoms with E-state index in [1.54, 1.807) is 0 Å². The first-order valence-corrected chi connectivity index (χ1v) is 8.97. The van der Waals surface area contributed by atoms with E-state index in [1.165, 1.54) is 11.1 Å². The first-order valence-electron chi connectivity index (χ1n) is 7.14. The van der Waals surface area contributed by atoms with Crippen molar-refractivity contribution in [1.82, 2.24) is 4.90 Å². The van der Waals surface area contributed by atoms with Gasteiger partial charge in [0.2, 0.25) is 0 Å². The number of rotatable bonds is 4. The van der Waals surface area contributed by atoms with Crippen molar-refractivity contribution in [1.29, 1.82) is 0 Å². The number of benzene rings is 1. The maximum atomic E-state index is 11.6. The van der Waals surface area contributed by atoms with E-state index in [0.29, 0.717) is 6.54 Å². The molecule has 2 unspecified atom stereocenters. The van der Waals surface area contributed by atoms with Crippen LogP contribution in [0.15, 0.2) is 24.3 Å². The molecule has 4 nitrogen and oxygen atoms in total. The lowest BCUT2D eigenvalue weighted by molar-refractivity contribution is 0.218. The molecule has 0 radical (unpaired) electrons. The fourth-order valence-corrected chi connectivity index (χ4v) is 4.45. The lowest BCUT2D eigenvalue weighted by Crippen LogP contribution is -2.47. The monoisotopic (exact) mass is 296 g/mol. The topological polar surface area (TPSA) is 63.4 Å². The maximum absolute atomic E-state index is 11.6. The van der Waals surface area contributed by atoms with E-state index in [2.05, 4.69) is 24.0 Å². The number of hydrogen-bond acceptors (Lipinski definition) is 4. The highest BCUT2D eigenvalue weighted by Crippen LogP contribution is 2.20. The molecule has 0 aromatic heterocycles. The molecule has 20 heavy (non-hydrogen) atoms. The van der Waals surface area contributed by atoms with Crippen LogP contribution >= 0.6 is 0 Å². The highest BCUT2D eigenvalue weighted by molar-refractivity contribution is 7.91. The third-order valence-corrected chi connectivity index (χ3v) is 5.92. The lowest BCUT2D eigenvalue weighted by Gasteiger charge is -2.33. The molecular weight excluding hydrogens is 272 g/mol. The zero-order chi connectivity index (χ0) is 14.8. The van der Waals surface area contributed by atoms with Crippen LogP contribution in [0, 0.1) is 6.92 Å². The summed E-state index contributed by atoms with van der Waals surface area (Å²) < 4.78 is 23.1. The summed E-state index contributed by atoms with van der Waals surface area (Å²) in [5.74, 6) is 0.545. The van der Waals surface area contributed by atoms with Crippen LogP contribution in [0.2, 0.25) is 0 Å². The third-order valence-electron chi connectivity index (χ3n) is 4.12. The fraction of sp³-hybridized carbons (Fsp3) is 0.600. The number of aryl methyl sites for hydroxylation is 1. The van der Waals surface area contributed by atoms with Crippen molar-refractivity contribution in [3.05, 3.63) is 35.4 Å². The van der Waals surface area contributed by atoms with Crippen LogP contribution in [-0.2, 0) is 9.84 Å². The molecule has 1 aromatic carbocycles. The molecule has 1 heterocycles. The molecule has 1 fully saturated rings. The van der Waals surface area contributed by atoms with Crippen molar-refractivity contribution < 1.29 is 8.42 Å². The second-order valence-corrected chi connectivity index (χ2v) is 7.98. The Kier molecular flexibility index (Phi) is 4.83. The van der Waals surface area contributed by atoms with E-state index in [-0.39, 0.29) is 23.6 Å². The van der Waals surface area contributed by atoms with E-state index in [9.17, 15) is 8.42 Å². The maximum Gasteiger partial charge on any atom is 0.153 e. The summed E-state index contributed by atoms with van der Waals surface area (Å²) in [5.41, 5.74) is 8.67. The second kappa shape index (κ2) is 6.24. The number of nitrogens with zero attached hydrogens (tertiary/aromatic N) is 1. The molecule has 1 saturated heterocycles. The van der Waals surface area contributed by atoms with Gasteiger partial charge in [-0.05, 0) is 31.4 Å². The molecule has 0 aliphatic carbocycles. The van der Waals surface area contributed by atoms with Gasteiger partial charge in [-0.25, -0.2) is 8.42 Å². The number of nitrogens with two attached hydrogens (primary N) is 1. The molecule has 0 amide bonds. The molecule has 1 aromatic rings. The molecule has 2 N–H and O–H groups in total. The van der Waals surface area contributed by atoms with E-state index < -0.39 is 9.84 Å². The van der Waals surface area contributed by atoms with Crippen molar-refractivity contribution >= 4 is 9.84 Å². The Labute approximate surface area is 121 Å². The van der Waals surface area contributed by atoms with Crippen LogP contribution in [-0.4, -0.2) is 44.0 Å². The van der Waals surface area contributed by atoms with Gasteiger partial charge in [0.1, 0.15) is 0 Å². The third kappa shape index (κ3) is 3.81. The lowest BCUT2D eigenvalue weighted by atomic mass is 9.99. The van der Waals surface area contributed by atoms with E-state index in [4.69, 9.17) is 5.73 Å². The summed E-state index contributed by atoms with van der Waals surface area (Å²) in [5, 5.41) is 0. The summed E-state index contributed by atoms with van der Waals surface area (Å²) in [6.45, 7) is 5.54. The summed E-state index contributed by atoms with van der Waals surface area (Å²) >= 11 is 0. The van der Waals surface area contributed by atoms with Crippen LogP contribution < -0.4 is 5.73 Å². The minimum Gasteiger partial charge on any atom is -0.324 e. The molecule has 1 aliphatic heterocycles. The van der Waals surface area contributed by atoms with E-state index in [1.807, 2.05) is 19.1 Å². The summed E-state index contributed by atoms with van der Waals surface area (Å²) in [7, 11) is -2.84. The first kappa shape index (κ1) is 15.5. The smallest absolute Gasteiger partial charge is 0.153 e. The van der Waals surface area contributed by atoms with Gasteiger partial charge in [0, 0.05) is 25.2 Å². The average Bonchev–Trinajstić information content (AvgIpc) is 2.37. The first-order chi connectivity index (χ1) is 9.39. The van der Waals surface area contributed by atoms with Gasteiger partial charge in [-0.1, -0.05) is 24.3 Å². The normalized spacial score (nSPS) is 24.4. The Morgan fingerprint density at radius 2 is 2.10 bits per heavy atom. The van der Waals surface area contributed by atoms with Crippen molar-refractivity contribution in [2.24, 2.45) is 5.73 Å². The van der Waals surface area contributed by atoms with Crippen LogP contribution in [0.5, 0.6) is 0 Å². The van der Waals surface area contributed by atoms with Gasteiger partial charge in [0.15, 0.2) is 9.84 Å². The van der Waals surface area contributed by atoms with Crippen LogP contribution in [0.25, 0.3) is 0 Å². The van der Waals surface area contributed by atoms with Gasteiger partial charge in [0.25, 0.3) is 0 Å². The minimum atomic E-state index is -2.84. The van der Waals surface area contributed by atoms with E-state index >= 15 is 0 Å². The van der Waals surface area contributed by atoms with Gasteiger partial charge >= 0.3 is 0 Å². The quantitative estimate of drug-likeness (QED) is 0.914. The van der Waals surface area contributed by atoms with Crippen LogP contribution in [0.3, 0.4) is 0 Å². The SMILES string of the molecule is Cc1ccccc1C(N)CCN1CCS(=O)(=O)CC1C. The highest BCUT2D eigenvalue weighted by Gasteiger charge is 2.28. The molecule has 1 aliphatic rings. The molecule has 2 atom stereocenters. The predicted octanol–water partition coefficient (Wildman–Crippen LogP) is 1.50. The number of sulfone groups is 1. The van der Waals surface area contributed by atoms with Gasteiger partial charge in [-0.3, -0.25) is 4.90 Å². The highest BCUT2D eigenvalue weighted by atomic mass is 32.2. The molecule has 0 saturated carbocycles. The van der Waals surface area contributed by atoms with Gasteiger partial charge < -0.3 is 5.73 Å². The summed E-state index contributed by atoms with van der Waals surface area (Å²) in [4.78, 5) is 2.24. The largest absolute Gasteiger partial charge is 0.324 e. The molecule has 5 heteroatoms. The predicted molar refractivity (Wildman–Crippen MR) is 82.4 cm³/mol. The zero-order valence-corrected chi connectivity index (χ0v) is 13.1. The molecule has 2 rings (SSSR count). The zero-order valence-electron chi connectivity index (χ0n) is 12.2. The minimum absolute atomic E-state index is 0.0157. The van der Waals surface area contributed by atoms with Crippen molar-refractivity contribution in [3.8, 4) is 0 Å². The Morgan fingerprint density at radius 1 is 1.40 bits per heavy atom. The fourth-order valence-electron chi connectivity index (χ4n) is 2.83. The van der Waals surface area contributed by atoms with Crippen molar-refractivity contribution in [2.75, 3.05) is 24.6 Å². The van der Waals surface area contributed by atoms with Gasteiger partial charge in [-0.2, -0.15) is 0 Å². The second-order valence-electron chi connectivity index (χ2n) is 5.75. The molecule has 0 bridgehead atoms. The Balaban J connectivity index is 1.91. The van der Waals surface area contributed by atoms with Gasteiger partial charge in [0.05, 0.1) is 11.5 Å². The number of hydrogen-bond donors (Lipinski definition) is 1. The molecular formula is C15H24N2O2S. The average molecular weight is 296 g/mol. The van der Waals surface area contributed by atoms with Crippen LogP contribution in [0.4, 0.5) is 0 Å². The van der Waals surface area contributed by atoms with E-state index in [0.717, 1.165) is 13.0 Å². The summed E-state index contributed by atoms with van der Waals surface area (Å²) in [6.07, 6.45) is 0.856. The Bertz CT molecular complexity index is 557. The Hall–Kier alpha value is -0.910. The Morgan fingerprint density at radius 3 is 2.75 bits per heavy atom. The van der Waals surface area contributed by atoms with Gasteiger partial charge in [-0.15, -0.1) is 0 Å². The standard InChI is InChI=1S/C15H24N2O2S/c1-12-5-3-4-6-14(12)15(16)7-8-17-9-10-20(18,19)11-13(17)2/h3-6,13,15H,7-11,16H2,1-2H3. The summed E-state index contributed by atoms with van der Waals surface area (Å²) in [6, 6.07) is 8.29. The van der Waals surface area contributed by atoms with Crippen molar-refractivity contribution in [3.63, 3.8) is 0 Å². The molecule has 112 valence electrons. The van der Waals surface area contributed by atoms with Crippen LogP contribution in [0.1, 0.15) is 30.5 Å².